The number of nitrogens with zero attached hydrogens (tertiary/aromatic N) is 2. The molecule has 2 N–H and O–H groups in total. The molecule has 4 heteroatoms. The Morgan fingerprint density at radius 1 is 1.29 bits per heavy atom. The van der Waals surface area contributed by atoms with Crippen molar-refractivity contribution in [3.05, 3.63) is 35.4 Å². The highest BCUT2D eigenvalue weighted by atomic mass is 16.2. The van der Waals surface area contributed by atoms with Crippen molar-refractivity contribution in [2.75, 3.05) is 26.7 Å². The number of nitrogens with two attached hydrogens (primary N) is 1. The van der Waals surface area contributed by atoms with E-state index in [1.165, 1.54) is 6.42 Å². The summed E-state index contributed by atoms with van der Waals surface area (Å²) in [5, 5.41) is 0. The molecule has 0 radical (unpaired) electrons. The third kappa shape index (κ3) is 4.24. The summed E-state index contributed by atoms with van der Waals surface area (Å²) < 4.78 is 0. The predicted octanol–water partition coefficient (Wildman–Crippen LogP) is 2.03. The van der Waals surface area contributed by atoms with Gasteiger partial charge in [0.15, 0.2) is 0 Å². The van der Waals surface area contributed by atoms with Crippen LogP contribution < -0.4 is 5.73 Å². The molecule has 1 heterocycles. The van der Waals surface area contributed by atoms with Crippen molar-refractivity contribution in [1.29, 1.82) is 0 Å². The van der Waals surface area contributed by atoms with E-state index in [0.29, 0.717) is 13.1 Å². The lowest BCUT2D eigenvalue weighted by Crippen LogP contribution is -2.43. The van der Waals surface area contributed by atoms with Gasteiger partial charge in [0.05, 0.1) is 6.54 Å². The lowest BCUT2D eigenvalue weighted by molar-refractivity contribution is 0.151. The van der Waals surface area contributed by atoms with Crippen molar-refractivity contribution in [2.45, 2.75) is 25.8 Å². The Morgan fingerprint density at radius 3 is 2.71 bits per heavy atom. The molecule has 1 aliphatic rings. The molecule has 0 spiro atoms. The third-order valence-corrected chi connectivity index (χ3v) is 3.70. The van der Waals surface area contributed by atoms with Gasteiger partial charge in [0, 0.05) is 32.2 Å². The molecule has 21 heavy (non-hydrogen) atoms. The van der Waals surface area contributed by atoms with Crippen LogP contribution in [-0.4, -0.2) is 42.5 Å². The molecule has 0 saturated carbocycles. The van der Waals surface area contributed by atoms with Gasteiger partial charge in [-0.25, -0.2) is 4.79 Å². The standard InChI is InChI=1S/C17H23N3O/c1-19(17(21)20-12-5-2-6-13-20)14-16-9-4-3-8-15(16)10-7-11-18/h3-4,8-9H,2,5-6,11-14,18H2,1H3. The number of urea groups is 1. The molecule has 0 aromatic heterocycles. The quantitative estimate of drug-likeness (QED) is 0.845. The SMILES string of the molecule is CN(Cc1ccccc1C#CCN)C(=O)N1CCCCC1. The van der Waals surface area contributed by atoms with Gasteiger partial charge in [0.1, 0.15) is 0 Å². The van der Waals surface area contributed by atoms with Gasteiger partial charge in [-0.3, -0.25) is 0 Å². The topological polar surface area (TPSA) is 49.6 Å². The number of piperidine rings is 1. The van der Waals surface area contributed by atoms with Crippen LogP contribution in [0.5, 0.6) is 0 Å². The van der Waals surface area contributed by atoms with Gasteiger partial charge >= 0.3 is 6.03 Å². The molecule has 112 valence electrons. The summed E-state index contributed by atoms with van der Waals surface area (Å²) in [7, 11) is 1.85. The number of rotatable bonds is 2. The summed E-state index contributed by atoms with van der Waals surface area (Å²) in [6, 6.07) is 8.02. The Bertz CT molecular complexity index is 538. The number of benzene rings is 1. The first kappa shape index (κ1) is 15.4. The highest BCUT2D eigenvalue weighted by molar-refractivity contribution is 5.74. The normalized spacial score (nSPS) is 14.3. The fraction of sp³-hybridized carbons (Fsp3) is 0.471. The van der Waals surface area contributed by atoms with Crippen LogP contribution in [0, 0.1) is 11.8 Å². The lowest BCUT2D eigenvalue weighted by atomic mass is 10.1. The van der Waals surface area contributed by atoms with Gasteiger partial charge in [-0.15, -0.1) is 0 Å². The number of hydrogen-bond donors (Lipinski definition) is 1. The Hall–Kier alpha value is -1.99. The molecule has 1 aliphatic heterocycles. The maximum Gasteiger partial charge on any atom is 0.320 e. The first-order chi connectivity index (χ1) is 10.2. The maximum atomic E-state index is 12.4. The van der Waals surface area contributed by atoms with Crippen LogP contribution in [0.25, 0.3) is 0 Å². The van der Waals surface area contributed by atoms with Gasteiger partial charge in [0.25, 0.3) is 0 Å². The molecule has 4 nitrogen and oxygen atoms in total. The highest BCUT2D eigenvalue weighted by Crippen LogP contribution is 2.14. The van der Waals surface area contributed by atoms with Crippen molar-refractivity contribution < 1.29 is 4.79 Å². The van der Waals surface area contributed by atoms with Crippen molar-refractivity contribution >= 4 is 6.03 Å². The van der Waals surface area contributed by atoms with E-state index in [0.717, 1.165) is 37.1 Å². The molecule has 1 saturated heterocycles. The van der Waals surface area contributed by atoms with Gasteiger partial charge in [0.2, 0.25) is 0 Å². The Balaban J connectivity index is 2.05. The molecule has 1 aromatic rings. The summed E-state index contributed by atoms with van der Waals surface area (Å²) in [6.07, 6.45) is 3.45. The largest absolute Gasteiger partial charge is 0.325 e. The Morgan fingerprint density at radius 2 is 2.00 bits per heavy atom. The van der Waals surface area contributed by atoms with Crippen molar-refractivity contribution in [1.82, 2.24) is 9.80 Å². The number of likely N-dealkylation sites (tertiary alicyclic amines) is 1. The van der Waals surface area contributed by atoms with Crippen molar-refractivity contribution in [3.63, 3.8) is 0 Å². The summed E-state index contributed by atoms with van der Waals surface area (Å²) in [5.74, 6) is 5.94. The minimum absolute atomic E-state index is 0.108. The zero-order valence-corrected chi connectivity index (χ0v) is 12.6. The predicted molar refractivity (Wildman–Crippen MR) is 84.7 cm³/mol. The molecule has 1 aromatic carbocycles. The van der Waals surface area contributed by atoms with E-state index < -0.39 is 0 Å². The molecular formula is C17H23N3O. The monoisotopic (exact) mass is 285 g/mol. The second kappa shape index (κ2) is 7.70. The first-order valence-electron chi connectivity index (χ1n) is 7.49. The molecule has 0 bridgehead atoms. The summed E-state index contributed by atoms with van der Waals surface area (Å²) >= 11 is 0. The van der Waals surface area contributed by atoms with E-state index in [1.54, 1.807) is 4.90 Å². The van der Waals surface area contributed by atoms with Gasteiger partial charge in [-0.1, -0.05) is 30.0 Å². The van der Waals surface area contributed by atoms with E-state index in [4.69, 9.17) is 5.73 Å². The van der Waals surface area contributed by atoms with Gasteiger partial charge in [-0.2, -0.15) is 0 Å². The van der Waals surface area contributed by atoms with Crippen LogP contribution in [0.2, 0.25) is 0 Å². The fourth-order valence-corrected chi connectivity index (χ4v) is 2.58. The Kier molecular flexibility index (Phi) is 5.65. The summed E-state index contributed by atoms with van der Waals surface area (Å²) in [4.78, 5) is 16.1. The fourth-order valence-electron chi connectivity index (χ4n) is 2.58. The van der Waals surface area contributed by atoms with Crippen LogP contribution >= 0.6 is 0 Å². The van der Waals surface area contributed by atoms with E-state index >= 15 is 0 Å². The summed E-state index contributed by atoms with van der Waals surface area (Å²) in [6.45, 7) is 2.66. The van der Waals surface area contributed by atoms with Gasteiger partial charge < -0.3 is 15.5 Å². The van der Waals surface area contributed by atoms with E-state index in [-0.39, 0.29) is 6.03 Å². The van der Waals surface area contributed by atoms with Crippen LogP contribution in [-0.2, 0) is 6.54 Å². The second-order valence-electron chi connectivity index (χ2n) is 5.35. The van der Waals surface area contributed by atoms with Crippen LogP contribution in [0.15, 0.2) is 24.3 Å². The summed E-state index contributed by atoms with van der Waals surface area (Å²) in [5.41, 5.74) is 7.44. The highest BCUT2D eigenvalue weighted by Gasteiger charge is 2.20. The first-order valence-corrected chi connectivity index (χ1v) is 7.49. The number of amides is 2. The van der Waals surface area contributed by atoms with E-state index in [9.17, 15) is 4.79 Å². The smallest absolute Gasteiger partial charge is 0.320 e. The molecule has 0 atom stereocenters. The molecule has 1 fully saturated rings. The van der Waals surface area contributed by atoms with Crippen LogP contribution in [0.4, 0.5) is 4.79 Å². The number of hydrogen-bond acceptors (Lipinski definition) is 2. The average molecular weight is 285 g/mol. The average Bonchev–Trinajstić information content (AvgIpc) is 2.54. The zero-order valence-electron chi connectivity index (χ0n) is 12.6. The molecule has 0 unspecified atom stereocenters. The molecular weight excluding hydrogens is 262 g/mol. The molecule has 2 amide bonds. The van der Waals surface area contributed by atoms with Crippen LogP contribution in [0.3, 0.4) is 0 Å². The second-order valence-corrected chi connectivity index (χ2v) is 5.35. The molecule has 0 aliphatic carbocycles. The Labute approximate surface area is 126 Å². The van der Waals surface area contributed by atoms with E-state index in [1.807, 2.05) is 36.2 Å². The van der Waals surface area contributed by atoms with Crippen molar-refractivity contribution in [2.24, 2.45) is 5.73 Å². The lowest BCUT2D eigenvalue weighted by Gasteiger charge is -2.31. The van der Waals surface area contributed by atoms with Gasteiger partial charge in [-0.05, 0) is 30.9 Å². The van der Waals surface area contributed by atoms with E-state index in [2.05, 4.69) is 11.8 Å². The zero-order chi connectivity index (χ0) is 15.1. The third-order valence-electron chi connectivity index (χ3n) is 3.70. The molecule has 2 rings (SSSR count). The van der Waals surface area contributed by atoms with Crippen LogP contribution in [0.1, 0.15) is 30.4 Å². The number of carbonyl (C=O) groups excluding carboxylic acids is 1. The maximum absolute atomic E-state index is 12.4. The minimum atomic E-state index is 0.108. The minimum Gasteiger partial charge on any atom is -0.325 e. The number of carbonyl (C=O) groups is 1. The van der Waals surface area contributed by atoms with Crippen molar-refractivity contribution in [3.8, 4) is 11.8 Å².